The van der Waals surface area contributed by atoms with Crippen LogP contribution in [0.25, 0.3) is 10.9 Å². The van der Waals surface area contributed by atoms with E-state index < -0.39 is 23.2 Å². The van der Waals surface area contributed by atoms with Crippen molar-refractivity contribution in [2.24, 2.45) is 5.73 Å². The van der Waals surface area contributed by atoms with Gasteiger partial charge in [0.05, 0.1) is 22.6 Å². The number of hydrogen-bond acceptors (Lipinski definition) is 4. The molecule has 5 nitrogen and oxygen atoms in total. The standard InChI is InChI=1S/C20H12F3N3O2/c21-20(22,23)11-7-5-10(6-8-11)15-13(9-24)18(25)28-17-12-3-1-2-4-14(12)26-19(27)16(15)17/h1-8,15H,25H2,(H,26,27)/t15-/m0/s1. The maximum atomic E-state index is 12.9. The number of rotatable bonds is 1. The predicted octanol–water partition coefficient (Wildman–Crippen LogP) is 3.77. The molecule has 0 aliphatic carbocycles. The number of nitriles is 1. The summed E-state index contributed by atoms with van der Waals surface area (Å²) >= 11 is 0. The lowest BCUT2D eigenvalue weighted by Gasteiger charge is -2.26. The number of fused-ring (bicyclic) bond motifs is 3. The van der Waals surface area contributed by atoms with Gasteiger partial charge in [-0.1, -0.05) is 24.3 Å². The molecule has 8 heteroatoms. The molecule has 28 heavy (non-hydrogen) atoms. The number of alkyl halides is 3. The van der Waals surface area contributed by atoms with Gasteiger partial charge >= 0.3 is 6.18 Å². The third-order valence-electron chi connectivity index (χ3n) is 4.66. The molecular formula is C20H12F3N3O2. The van der Waals surface area contributed by atoms with Crippen LogP contribution in [0, 0.1) is 11.3 Å². The highest BCUT2D eigenvalue weighted by molar-refractivity contribution is 5.87. The number of nitrogens with zero attached hydrogens (tertiary/aromatic N) is 1. The second kappa shape index (κ2) is 6.16. The van der Waals surface area contributed by atoms with E-state index in [2.05, 4.69) is 4.98 Å². The van der Waals surface area contributed by atoms with Gasteiger partial charge in [0, 0.05) is 5.39 Å². The number of nitrogens with one attached hydrogen (secondary N) is 1. The molecule has 4 rings (SSSR count). The Bertz CT molecular complexity index is 1220. The maximum absolute atomic E-state index is 12.9. The van der Waals surface area contributed by atoms with E-state index in [1.54, 1.807) is 24.3 Å². The quantitative estimate of drug-likeness (QED) is 0.669. The molecule has 140 valence electrons. The van der Waals surface area contributed by atoms with Crippen LogP contribution < -0.4 is 16.0 Å². The average molecular weight is 383 g/mol. The van der Waals surface area contributed by atoms with E-state index in [9.17, 15) is 23.2 Å². The minimum atomic E-state index is -4.49. The molecular weight excluding hydrogens is 371 g/mol. The third kappa shape index (κ3) is 2.68. The lowest BCUT2D eigenvalue weighted by Crippen LogP contribution is -2.27. The average Bonchev–Trinajstić information content (AvgIpc) is 2.66. The van der Waals surface area contributed by atoms with Crippen molar-refractivity contribution in [1.29, 1.82) is 5.26 Å². The van der Waals surface area contributed by atoms with Crippen LogP contribution in [0.2, 0.25) is 0 Å². The molecule has 0 saturated carbocycles. The molecule has 0 unspecified atom stereocenters. The molecule has 3 N–H and O–H groups in total. The van der Waals surface area contributed by atoms with Gasteiger partial charge in [0.1, 0.15) is 17.4 Å². The summed E-state index contributed by atoms with van der Waals surface area (Å²) in [6.07, 6.45) is -4.49. The Kier molecular flexibility index (Phi) is 3.89. The zero-order valence-electron chi connectivity index (χ0n) is 14.2. The highest BCUT2D eigenvalue weighted by Gasteiger charge is 2.35. The molecule has 1 aromatic heterocycles. The van der Waals surface area contributed by atoms with Gasteiger partial charge in [0.25, 0.3) is 5.56 Å². The summed E-state index contributed by atoms with van der Waals surface area (Å²) in [6.45, 7) is 0. The predicted molar refractivity (Wildman–Crippen MR) is 95.3 cm³/mol. The van der Waals surface area contributed by atoms with E-state index in [0.717, 1.165) is 12.1 Å². The lowest BCUT2D eigenvalue weighted by atomic mass is 9.83. The maximum Gasteiger partial charge on any atom is 0.416 e. The number of pyridine rings is 1. The number of ether oxygens (including phenoxy) is 1. The zero-order chi connectivity index (χ0) is 20.1. The van der Waals surface area contributed by atoms with Crippen LogP contribution in [-0.2, 0) is 6.18 Å². The Morgan fingerprint density at radius 2 is 1.79 bits per heavy atom. The van der Waals surface area contributed by atoms with Crippen molar-refractivity contribution in [2.75, 3.05) is 0 Å². The highest BCUT2D eigenvalue weighted by atomic mass is 19.4. The van der Waals surface area contributed by atoms with Gasteiger partial charge in [0.15, 0.2) is 0 Å². The van der Waals surface area contributed by atoms with Crippen molar-refractivity contribution >= 4 is 10.9 Å². The van der Waals surface area contributed by atoms with E-state index >= 15 is 0 Å². The topological polar surface area (TPSA) is 91.9 Å². The van der Waals surface area contributed by atoms with E-state index in [1.165, 1.54) is 12.1 Å². The molecule has 1 atom stereocenters. The summed E-state index contributed by atoms with van der Waals surface area (Å²) in [5.74, 6) is -0.930. The van der Waals surface area contributed by atoms with Gasteiger partial charge in [0.2, 0.25) is 5.88 Å². The number of halogens is 3. The summed E-state index contributed by atoms with van der Waals surface area (Å²) in [6, 6.07) is 13.1. The first kappa shape index (κ1) is 17.7. The van der Waals surface area contributed by atoms with Crippen LogP contribution in [0.1, 0.15) is 22.6 Å². The number of aromatic amines is 1. The van der Waals surface area contributed by atoms with Crippen LogP contribution in [0.5, 0.6) is 5.75 Å². The fourth-order valence-electron chi connectivity index (χ4n) is 3.37. The van der Waals surface area contributed by atoms with Gasteiger partial charge in [-0.15, -0.1) is 0 Å². The van der Waals surface area contributed by atoms with Gasteiger partial charge in [-0.2, -0.15) is 18.4 Å². The summed E-state index contributed by atoms with van der Waals surface area (Å²) in [5.41, 5.74) is 5.53. The smallest absolute Gasteiger partial charge is 0.416 e. The Morgan fingerprint density at radius 3 is 2.43 bits per heavy atom. The molecule has 0 bridgehead atoms. The molecule has 2 heterocycles. The van der Waals surface area contributed by atoms with Gasteiger partial charge in [-0.3, -0.25) is 4.79 Å². The van der Waals surface area contributed by atoms with E-state index in [0.29, 0.717) is 16.5 Å². The Balaban J connectivity index is 1.98. The number of para-hydroxylation sites is 1. The molecule has 0 saturated heterocycles. The van der Waals surface area contributed by atoms with Crippen LogP contribution in [0.3, 0.4) is 0 Å². The number of hydrogen-bond donors (Lipinski definition) is 2. The van der Waals surface area contributed by atoms with Crippen LogP contribution in [-0.4, -0.2) is 4.98 Å². The summed E-state index contributed by atoms with van der Waals surface area (Å²) in [7, 11) is 0. The number of nitrogens with two attached hydrogens (primary N) is 1. The van der Waals surface area contributed by atoms with Crippen molar-refractivity contribution in [3.8, 4) is 11.8 Å². The summed E-state index contributed by atoms with van der Waals surface area (Å²) in [4.78, 5) is 15.5. The second-order valence-electron chi connectivity index (χ2n) is 6.29. The molecule has 1 aliphatic rings. The van der Waals surface area contributed by atoms with E-state index in [4.69, 9.17) is 10.5 Å². The van der Waals surface area contributed by atoms with Crippen molar-refractivity contribution in [3.63, 3.8) is 0 Å². The molecule has 0 spiro atoms. The largest absolute Gasteiger partial charge is 0.439 e. The number of allylic oxidation sites excluding steroid dienone is 1. The van der Waals surface area contributed by atoms with Gasteiger partial charge < -0.3 is 15.5 Å². The normalized spacial score (nSPS) is 16.4. The lowest BCUT2D eigenvalue weighted by molar-refractivity contribution is -0.137. The first-order chi connectivity index (χ1) is 13.3. The highest BCUT2D eigenvalue weighted by Crippen LogP contribution is 2.43. The minimum Gasteiger partial charge on any atom is -0.439 e. The van der Waals surface area contributed by atoms with Crippen LogP contribution in [0.15, 0.2) is 64.8 Å². The summed E-state index contributed by atoms with van der Waals surface area (Å²) < 4.78 is 44.3. The molecule has 0 radical (unpaired) electrons. The Morgan fingerprint density at radius 1 is 1.11 bits per heavy atom. The first-order valence-corrected chi connectivity index (χ1v) is 8.21. The molecule has 3 aromatic rings. The molecule has 0 amide bonds. The Labute approximate surface area is 156 Å². The molecule has 1 aliphatic heterocycles. The number of H-pyrrole nitrogens is 1. The van der Waals surface area contributed by atoms with Crippen molar-refractivity contribution < 1.29 is 17.9 Å². The minimum absolute atomic E-state index is 0.0342. The molecule has 2 aromatic carbocycles. The Hall–Kier alpha value is -3.73. The van der Waals surface area contributed by atoms with Crippen LogP contribution in [0.4, 0.5) is 13.2 Å². The second-order valence-corrected chi connectivity index (χ2v) is 6.29. The number of benzene rings is 2. The van der Waals surface area contributed by atoms with Crippen molar-refractivity contribution in [3.05, 3.63) is 87.0 Å². The van der Waals surface area contributed by atoms with Crippen molar-refractivity contribution in [1.82, 2.24) is 4.98 Å². The first-order valence-electron chi connectivity index (χ1n) is 8.21. The fraction of sp³-hybridized carbons (Fsp3) is 0.100. The summed E-state index contributed by atoms with van der Waals surface area (Å²) in [5, 5.41) is 10.1. The SMILES string of the molecule is N#CC1=C(N)Oc2c(c(=O)[nH]c3ccccc23)[C@H]1c1ccc(C(F)(F)F)cc1. The third-order valence-corrected chi connectivity index (χ3v) is 4.66. The van der Waals surface area contributed by atoms with Crippen LogP contribution >= 0.6 is 0 Å². The van der Waals surface area contributed by atoms with E-state index in [-0.39, 0.29) is 22.8 Å². The fourth-order valence-corrected chi connectivity index (χ4v) is 3.37. The number of aromatic nitrogens is 1. The van der Waals surface area contributed by atoms with Gasteiger partial charge in [-0.05, 0) is 29.8 Å². The van der Waals surface area contributed by atoms with E-state index in [1.807, 2.05) is 6.07 Å². The van der Waals surface area contributed by atoms with Crippen molar-refractivity contribution in [2.45, 2.75) is 12.1 Å². The molecule has 0 fully saturated rings. The van der Waals surface area contributed by atoms with Gasteiger partial charge in [-0.25, -0.2) is 0 Å². The zero-order valence-corrected chi connectivity index (χ0v) is 14.2. The monoisotopic (exact) mass is 383 g/mol.